The molecule has 0 saturated heterocycles. The molecule has 0 aliphatic carbocycles. The van der Waals surface area contributed by atoms with Gasteiger partial charge in [-0.1, -0.05) is 36.4 Å². The Morgan fingerprint density at radius 1 is 0.593 bits per heavy atom. The van der Waals surface area contributed by atoms with E-state index in [4.69, 9.17) is 0 Å². The Balaban J connectivity index is 0. The van der Waals surface area contributed by atoms with Crippen molar-refractivity contribution < 1.29 is 50.7 Å². The molecule has 0 atom stereocenters. The fourth-order valence-electron chi connectivity index (χ4n) is 3.01. The fourth-order valence-corrected chi connectivity index (χ4v) is 3.01. The Morgan fingerprint density at radius 2 is 1.00 bits per heavy atom. The number of aryl methyl sites for hydroxylation is 4. The number of hydrogen-bond acceptors (Lipinski definition) is 3. The molecule has 27 heavy (non-hydrogen) atoms. The van der Waals surface area contributed by atoms with Gasteiger partial charge in [-0.2, -0.15) is 0 Å². The smallest absolute Gasteiger partial charge is 1.00 e. The van der Waals surface area contributed by atoms with Crippen molar-refractivity contribution in [2.24, 2.45) is 0 Å². The largest absolute Gasteiger partial charge is 2.00 e. The van der Waals surface area contributed by atoms with Gasteiger partial charge in [-0.15, -0.1) is 0 Å². The van der Waals surface area contributed by atoms with Crippen molar-refractivity contribution in [2.45, 2.75) is 34.1 Å². The van der Waals surface area contributed by atoms with E-state index in [1.54, 1.807) is 0 Å². The third kappa shape index (κ3) is 9.48. The van der Waals surface area contributed by atoms with Gasteiger partial charge in [0.15, 0.2) is 0 Å². The zero-order chi connectivity index (χ0) is 17.4. The molecule has 0 aliphatic rings. The van der Waals surface area contributed by atoms with E-state index in [0.717, 1.165) is 32.6 Å². The number of para-hydroxylation sites is 2. The van der Waals surface area contributed by atoms with Crippen molar-refractivity contribution in [1.29, 1.82) is 0 Å². The average Bonchev–Trinajstić information content (AvgIpc) is 2.54. The van der Waals surface area contributed by atoms with Crippen LogP contribution in [0.25, 0.3) is 0 Å². The van der Waals surface area contributed by atoms with Crippen molar-refractivity contribution in [2.75, 3.05) is 36.8 Å². The van der Waals surface area contributed by atoms with Gasteiger partial charge in [0.05, 0.1) is 0 Å². The number of benzene rings is 2. The molecule has 0 aromatic heterocycles. The molecule has 0 bridgehead atoms. The third-order valence-corrected chi connectivity index (χ3v) is 4.40. The van der Waals surface area contributed by atoms with E-state index < -0.39 is 0 Å². The monoisotopic (exact) mass is 542 g/mol. The summed E-state index contributed by atoms with van der Waals surface area (Å²) in [5.74, 6) is 0. The van der Waals surface area contributed by atoms with Gasteiger partial charge < -0.3 is 49.9 Å². The van der Waals surface area contributed by atoms with Crippen LogP contribution in [0.4, 0.5) is 11.4 Å². The number of halogens is 2. The van der Waals surface area contributed by atoms with Gasteiger partial charge in [-0.25, -0.2) is 0 Å². The standard InChI is InChI=1S/C21H31N3.2BrH.Co/c1-16-8-5-9-17(2)20(16)23-13-7-12-22-14-15-24-21-18(3)10-6-11-19(21)4;;;/h5-6,8-11,22-24H,7,12-15H2,1-4H3;2*1H;/q;;;+2/p-2. The molecular formula is C21H31Br2CoN3. The van der Waals surface area contributed by atoms with Crippen molar-refractivity contribution in [1.82, 2.24) is 5.32 Å². The van der Waals surface area contributed by atoms with E-state index in [9.17, 15) is 0 Å². The molecule has 0 amide bonds. The van der Waals surface area contributed by atoms with E-state index in [-0.39, 0.29) is 50.7 Å². The molecule has 0 fully saturated rings. The molecule has 0 aliphatic heterocycles. The zero-order valence-corrected chi connectivity index (χ0v) is 20.8. The summed E-state index contributed by atoms with van der Waals surface area (Å²) >= 11 is 0. The first-order valence-electron chi connectivity index (χ1n) is 8.90. The van der Waals surface area contributed by atoms with Crippen molar-refractivity contribution in [3.8, 4) is 0 Å². The van der Waals surface area contributed by atoms with Gasteiger partial charge in [-0.05, 0) is 62.9 Å². The maximum atomic E-state index is 3.56. The minimum absolute atomic E-state index is 0. The van der Waals surface area contributed by atoms with Gasteiger partial charge in [0.1, 0.15) is 0 Å². The van der Waals surface area contributed by atoms with Crippen LogP contribution in [0.2, 0.25) is 0 Å². The van der Waals surface area contributed by atoms with Crippen LogP contribution >= 0.6 is 0 Å². The van der Waals surface area contributed by atoms with E-state index in [1.165, 1.54) is 33.6 Å². The number of hydrogen-bond donors (Lipinski definition) is 3. The Labute approximate surface area is 196 Å². The van der Waals surface area contributed by atoms with Crippen LogP contribution in [0, 0.1) is 27.7 Å². The van der Waals surface area contributed by atoms with E-state index in [0.29, 0.717) is 0 Å². The molecule has 0 heterocycles. The molecule has 3 N–H and O–H groups in total. The Hall–Kier alpha value is -0.534. The van der Waals surface area contributed by atoms with Crippen LogP contribution in [0.3, 0.4) is 0 Å². The van der Waals surface area contributed by atoms with Gasteiger partial charge in [0.2, 0.25) is 0 Å². The van der Waals surface area contributed by atoms with Crippen LogP contribution in [-0.2, 0) is 16.8 Å². The molecule has 2 rings (SSSR count). The van der Waals surface area contributed by atoms with Crippen molar-refractivity contribution in [3.05, 3.63) is 58.7 Å². The number of nitrogens with one attached hydrogen (secondary N) is 3. The third-order valence-electron chi connectivity index (χ3n) is 4.40. The minimum Gasteiger partial charge on any atom is -1.00 e. The molecule has 3 nitrogen and oxygen atoms in total. The molecule has 2 aromatic rings. The first-order valence-corrected chi connectivity index (χ1v) is 8.90. The quantitative estimate of drug-likeness (QED) is 0.335. The summed E-state index contributed by atoms with van der Waals surface area (Å²) < 4.78 is 0. The Morgan fingerprint density at radius 3 is 1.44 bits per heavy atom. The Kier molecular flexibility index (Phi) is 16.4. The molecule has 6 heteroatoms. The van der Waals surface area contributed by atoms with Gasteiger partial charge in [0.25, 0.3) is 0 Å². The summed E-state index contributed by atoms with van der Waals surface area (Å²) in [6, 6.07) is 12.8. The summed E-state index contributed by atoms with van der Waals surface area (Å²) in [6.45, 7) is 12.6. The molecule has 153 valence electrons. The molecule has 2 aromatic carbocycles. The predicted octanol–water partition coefficient (Wildman–Crippen LogP) is -1.57. The first-order chi connectivity index (χ1) is 11.6. The van der Waals surface area contributed by atoms with Crippen LogP contribution in [-0.4, -0.2) is 26.2 Å². The maximum absolute atomic E-state index is 3.56. The van der Waals surface area contributed by atoms with Crippen LogP contribution in [0.5, 0.6) is 0 Å². The maximum Gasteiger partial charge on any atom is 2.00 e. The first kappa shape index (κ1) is 28.7. The summed E-state index contributed by atoms with van der Waals surface area (Å²) in [4.78, 5) is 0. The minimum atomic E-state index is 0. The van der Waals surface area contributed by atoms with Crippen LogP contribution in [0.1, 0.15) is 28.7 Å². The van der Waals surface area contributed by atoms with Gasteiger partial charge in [0, 0.05) is 31.0 Å². The van der Waals surface area contributed by atoms with E-state index in [2.05, 4.69) is 80.0 Å². The average molecular weight is 544 g/mol. The topological polar surface area (TPSA) is 36.1 Å². The number of anilines is 2. The van der Waals surface area contributed by atoms with E-state index >= 15 is 0 Å². The second-order valence-corrected chi connectivity index (χ2v) is 6.49. The second-order valence-electron chi connectivity index (χ2n) is 6.49. The van der Waals surface area contributed by atoms with Crippen LogP contribution in [0.15, 0.2) is 36.4 Å². The summed E-state index contributed by atoms with van der Waals surface area (Å²) in [5.41, 5.74) is 7.83. The predicted molar refractivity (Wildman–Crippen MR) is 106 cm³/mol. The van der Waals surface area contributed by atoms with Crippen molar-refractivity contribution in [3.63, 3.8) is 0 Å². The molecule has 0 unspecified atom stereocenters. The molecule has 0 saturated carbocycles. The normalized spacial score (nSPS) is 9.48. The fraction of sp³-hybridized carbons (Fsp3) is 0.429. The zero-order valence-electron chi connectivity index (χ0n) is 16.6. The van der Waals surface area contributed by atoms with Gasteiger partial charge in [-0.3, -0.25) is 0 Å². The van der Waals surface area contributed by atoms with E-state index in [1.807, 2.05) is 0 Å². The second kappa shape index (κ2) is 15.4. The van der Waals surface area contributed by atoms with Crippen molar-refractivity contribution >= 4 is 11.4 Å². The van der Waals surface area contributed by atoms with Crippen LogP contribution < -0.4 is 49.9 Å². The summed E-state index contributed by atoms with van der Waals surface area (Å²) in [6.07, 6.45) is 1.12. The number of rotatable bonds is 9. The molecular weight excluding hydrogens is 513 g/mol. The molecule has 0 spiro atoms. The Bertz CT molecular complexity index is 568. The summed E-state index contributed by atoms with van der Waals surface area (Å²) in [7, 11) is 0. The summed E-state index contributed by atoms with van der Waals surface area (Å²) in [5, 5.41) is 10.6. The SMILES string of the molecule is Cc1cccc(C)c1NCCCNCCNc1c(C)cccc1C.[Br-].[Br-].[Co+2]. The van der Waals surface area contributed by atoms with Gasteiger partial charge >= 0.3 is 16.8 Å². The molecule has 1 radical (unpaired) electrons.